The van der Waals surface area contributed by atoms with Crippen LogP contribution >= 0.6 is 0 Å². The second kappa shape index (κ2) is 9.59. The summed E-state index contributed by atoms with van der Waals surface area (Å²) < 4.78 is 5.63. The third-order valence-electron chi connectivity index (χ3n) is 4.64. The number of benzene rings is 3. The van der Waals surface area contributed by atoms with Crippen LogP contribution in [0.15, 0.2) is 65.8 Å². The summed E-state index contributed by atoms with van der Waals surface area (Å²) in [7, 11) is 0. The Bertz CT molecular complexity index is 1010. The highest BCUT2D eigenvalue weighted by atomic mass is 16.5. The fraction of sp³-hybridized carbons (Fsp3) is 0.217. The van der Waals surface area contributed by atoms with Crippen molar-refractivity contribution in [1.29, 1.82) is 0 Å². The standard InChI is InChI=1S/C23H25N3O3/c1-3-26(4-2)19-13-12-18(21(27)14-19)15-24-25-23(28)16-29-22-11-7-9-17-8-5-6-10-20(17)22/h5-15,27H,3-4,16H2,1-2H3,(H,25,28)/b24-15+. The Hall–Kier alpha value is -3.54. The van der Waals surface area contributed by atoms with Crippen molar-refractivity contribution in [2.24, 2.45) is 5.10 Å². The van der Waals surface area contributed by atoms with Crippen molar-refractivity contribution in [3.63, 3.8) is 0 Å². The van der Waals surface area contributed by atoms with E-state index in [0.29, 0.717) is 11.3 Å². The molecule has 29 heavy (non-hydrogen) atoms. The molecule has 0 atom stereocenters. The average molecular weight is 391 g/mol. The van der Waals surface area contributed by atoms with Gasteiger partial charge in [-0.1, -0.05) is 36.4 Å². The Morgan fingerprint density at radius 3 is 2.62 bits per heavy atom. The number of amides is 1. The molecule has 0 aromatic heterocycles. The quantitative estimate of drug-likeness (QED) is 0.451. The van der Waals surface area contributed by atoms with Gasteiger partial charge in [-0.15, -0.1) is 0 Å². The maximum Gasteiger partial charge on any atom is 0.277 e. The van der Waals surface area contributed by atoms with Crippen LogP contribution in [0.5, 0.6) is 11.5 Å². The molecule has 3 rings (SSSR count). The largest absolute Gasteiger partial charge is 0.507 e. The van der Waals surface area contributed by atoms with Gasteiger partial charge in [0.2, 0.25) is 0 Å². The second-order valence-corrected chi connectivity index (χ2v) is 6.47. The monoisotopic (exact) mass is 391 g/mol. The van der Waals surface area contributed by atoms with Crippen LogP contribution in [-0.4, -0.2) is 36.9 Å². The fourth-order valence-corrected chi connectivity index (χ4v) is 3.10. The second-order valence-electron chi connectivity index (χ2n) is 6.47. The van der Waals surface area contributed by atoms with Crippen LogP contribution in [0.2, 0.25) is 0 Å². The number of fused-ring (bicyclic) bond motifs is 1. The van der Waals surface area contributed by atoms with E-state index in [0.717, 1.165) is 29.5 Å². The number of aromatic hydroxyl groups is 1. The molecule has 0 saturated heterocycles. The molecule has 0 spiro atoms. The molecule has 2 N–H and O–H groups in total. The van der Waals surface area contributed by atoms with Gasteiger partial charge in [-0.2, -0.15) is 5.10 Å². The molecule has 3 aromatic rings. The maximum absolute atomic E-state index is 12.0. The molecule has 0 heterocycles. The third-order valence-corrected chi connectivity index (χ3v) is 4.64. The zero-order valence-electron chi connectivity index (χ0n) is 16.6. The van der Waals surface area contributed by atoms with E-state index in [4.69, 9.17) is 4.74 Å². The van der Waals surface area contributed by atoms with E-state index < -0.39 is 0 Å². The minimum atomic E-state index is -0.381. The Balaban J connectivity index is 1.57. The number of nitrogens with one attached hydrogen (secondary N) is 1. The van der Waals surface area contributed by atoms with Crippen LogP contribution in [0.25, 0.3) is 10.8 Å². The molecular weight excluding hydrogens is 366 g/mol. The van der Waals surface area contributed by atoms with Crippen LogP contribution in [-0.2, 0) is 4.79 Å². The van der Waals surface area contributed by atoms with E-state index in [1.54, 1.807) is 12.1 Å². The summed E-state index contributed by atoms with van der Waals surface area (Å²) in [6, 6.07) is 18.9. The molecule has 1 amide bonds. The van der Waals surface area contributed by atoms with Crippen LogP contribution in [0.3, 0.4) is 0 Å². The summed E-state index contributed by atoms with van der Waals surface area (Å²) in [5, 5.41) is 16.1. The minimum Gasteiger partial charge on any atom is -0.507 e. The number of anilines is 1. The van der Waals surface area contributed by atoms with Gasteiger partial charge in [0.15, 0.2) is 6.61 Å². The van der Waals surface area contributed by atoms with Crippen molar-refractivity contribution in [2.45, 2.75) is 13.8 Å². The van der Waals surface area contributed by atoms with E-state index >= 15 is 0 Å². The topological polar surface area (TPSA) is 74.2 Å². The highest BCUT2D eigenvalue weighted by Gasteiger charge is 2.07. The van der Waals surface area contributed by atoms with Gasteiger partial charge in [0.05, 0.1) is 6.21 Å². The molecule has 0 aliphatic carbocycles. The minimum absolute atomic E-state index is 0.111. The summed E-state index contributed by atoms with van der Waals surface area (Å²) in [6.07, 6.45) is 1.41. The van der Waals surface area contributed by atoms with Crippen molar-refractivity contribution < 1.29 is 14.6 Å². The molecule has 6 heteroatoms. The van der Waals surface area contributed by atoms with Gasteiger partial charge in [0, 0.05) is 35.8 Å². The summed E-state index contributed by atoms with van der Waals surface area (Å²) in [5.41, 5.74) is 3.89. The summed E-state index contributed by atoms with van der Waals surface area (Å²) in [4.78, 5) is 14.2. The van der Waals surface area contributed by atoms with E-state index in [9.17, 15) is 9.90 Å². The number of carbonyl (C=O) groups is 1. The highest BCUT2D eigenvalue weighted by Crippen LogP contribution is 2.25. The molecule has 0 unspecified atom stereocenters. The molecule has 6 nitrogen and oxygen atoms in total. The maximum atomic E-state index is 12.0. The van der Waals surface area contributed by atoms with Crippen molar-refractivity contribution in [2.75, 3.05) is 24.6 Å². The fourth-order valence-electron chi connectivity index (χ4n) is 3.10. The number of hydrogen-bond donors (Lipinski definition) is 2. The van der Waals surface area contributed by atoms with Gasteiger partial charge >= 0.3 is 0 Å². The lowest BCUT2D eigenvalue weighted by Crippen LogP contribution is -2.24. The van der Waals surface area contributed by atoms with Gasteiger partial charge in [-0.05, 0) is 37.4 Å². The van der Waals surface area contributed by atoms with Gasteiger partial charge in [-0.25, -0.2) is 5.43 Å². The van der Waals surface area contributed by atoms with Crippen LogP contribution in [0, 0.1) is 0 Å². The molecular formula is C23H25N3O3. The molecule has 3 aromatic carbocycles. The Morgan fingerprint density at radius 2 is 1.86 bits per heavy atom. The smallest absolute Gasteiger partial charge is 0.277 e. The van der Waals surface area contributed by atoms with Crippen molar-refractivity contribution in [3.05, 3.63) is 66.2 Å². The van der Waals surface area contributed by atoms with Crippen LogP contribution < -0.4 is 15.1 Å². The molecule has 0 fully saturated rings. The zero-order chi connectivity index (χ0) is 20.6. The van der Waals surface area contributed by atoms with Gasteiger partial charge in [0.25, 0.3) is 5.91 Å². The first-order valence-electron chi connectivity index (χ1n) is 9.62. The first kappa shape index (κ1) is 20.2. The normalized spacial score (nSPS) is 11.0. The predicted octanol–water partition coefficient (Wildman–Crippen LogP) is 3.92. The van der Waals surface area contributed by atoms with Gasteiger partial charge in [0.1, 0.15) is 11.5 Å². The van der Waals surface area contributed by atoms with Crippen LogP contribution in [0.1, 0.15) is 19.4 Å². The molecule has 0 radical (unpaired) electrons. The molecule has 0 aliphatic heterocycles. The van der Waals surface area contributed by atoms with Crippen LogP contribution in [0.4, 0.5) is 5.69 Å². The lowest BCUT2D eigenvalue weighted by Gasteiger charge is -2.21. The van der Waals surface area contributed by atoms with Crippen molar-refractivity contribution in [1.82, 2.24) is 5.43 Å². The molecule has 150 valence electrons. The number of nitrogens with zero attached hydrogens (tertiary/aromatic N) is 2. The van der Waals surface area contributed by atoms with Gasteiger partial charge in [-0.3, -0.25) is 4.79 Å². The van der Waals surface area contributed by atoms with E-state index in [1.807, 2.05) is 48.5 Å². The number of phenols is 1. The first-order valence-corrected chi connectivity index (χ1v) is 9.62. The SMILES string of the molecule is CCN(CC)c1ccc(/C=N/NC(=O)COc2cccc3ccccc23)c(O)c1. The molecule has 0 saturated carbocycles. The van der Waals surface area contributed by atoms with Crippen molar-refractivity contribution in [3.8, 4) is 11.5 Å². The number of hydrazone groups is 1. The zero-order valence-corrected chi connectivity index (χ0v) is 16.6. The third kappa shape index (κ3) is 5.04. The number of ether oxygens (including phenoxy) is 1. The summed E-state index contributed by atoms with van der Waals surface area (Å²) in [6.45, 7) is 5.68. The van der Waals surface area contributed by atoms with E-state index in [-0.39, 0.29) is 18.3 Å². The van der Waals surface area contributed by atoms with E-state index in [2.05, 4.69) is 29.3 Å². The Kier molecular flexibility index (Phi) is 6.68. The average Bonchev–Trinajstić information content (AvgIpc) is 2.74. The summed E-state index contributed by atoms with van der Waals surface area (Å²) in [5.74, 6) is 0.375. The lowest BCUT2D eigenvalue weighted by atomic mass is 10.1. The van der Waals surface area contributed by atoms with Crippen molar-refractivity contribution >= 4 is 28.6 Å². The molecule has 0 aliphatic rings. The number of phenolic OH excluding ortho intramolecular Hbond substituents is 1. The van der Waals surface area contributed by atoms with E-state index in [1.165, 1.54) is 6.21 Å². The molecule has 0 bridgehead atoms. The predicted molar refractivity (Wildman–Crippen MR) is 117 cm³/mol. The Labute approximate surface area is 170 Å². The lowest BCUT2D eigenvalue weighted by molar-refractivity contribution is -0.123. The first-order chi connectivity index (χ1) is 14.1. The number of rotatable bonds is 8. The van der Waals surface area contributed by atoms with Gasteiger partial charge < -0.3 is 14.7 Å². The Morgan fingerprint density at radius 1 is 1.10 bits per heavy atom. The highest BCUT2D eigenvalue weighted by molar-refractivity contribution is 5.89. The summed E-state index contributed by atoms with van der Waals surface area (Å²) >= 11 is 0. The number of hydrogen-bond acceptors (Lipinski definition) is 5. The number of carbonyl (C=O) groups excluding carboxylic acids is 1.